The van der Waals surface area contributed by atoms with Crippen molar-refractivity contribution in [3.05, 3.63) is 78.6 Å². The first-order chi connectivity index (χ1) is 18.9. The molecule has 4 aromatic rings. The molecule has 3 N–H and O–H groups in total. The highest BCUT2D eigenvalue weighted by molar-refractivity contribution is 5.97. The zero-order chi connectivity index (χ0) is 27.5. The summed E-state index contributed by atoms with van der Waals surface area (Å²) in [6, 6.07) is 5.49. The van der Waals surface area contributed by atoms with Crippen molar-refractivity contribution in [2.45, 2.75) is 46.5 Å². The van der Waals surface area contributed by atoms with Crippen LogP contribution in [0.3, 0.4) is 0 Å². The van der Waals surface area contributed by atoms with Crippen LogP contribution in [0.1, 0.15) is 52.0 Å². The number of H-pyrrole nitrogens is 2. The summed E-state index contributed by atoms with van der Waals surface area (Å²) in [7, 11) is 0. The molecule has 8 heteroatoms. The van der Waals surface area contributed by atoms with Crippen LogP contribution in [0.2, 0.25) is 0 Å². The average Bonchev–Trinajstić information content (AvgIpc) is 3.55. The van der Waals surface area contributed by atoms with Crippen LogP contribution in [0, 0.1) is 11.7 Å². The number of allylic oxidation sites excluding steroid dienone is 5. The summed E-state index contributed by atoms with van der Waals surface area (Å²) in [6.45, 7) is 16.3. The number of aromatic amines is 2. The molecule has 3 aromatic heterocycles. The maximum atomic E-state index is 15.3. The van der Waals surface area contributed by atoms with Crippen LogP contribution in [0.15, 0.2) is 67.2 Å². The molecule has 5 rings (SSSR count). The van der Waals surface area contributed by atoms with E-state index in [9.17, 15) is 0 Å². The molecule has 0 bridgehead atoms. The minimum atomic E-state index is -0.404. The van der Waals surface area contributed by atoms with Gasteiger partial charge in [-0.25, -0.2) is 14.4 Å². The Balaban J connectivity index is 1.53. The van der Waals surface area contributed by atoms with Gasteiger partial charge in [0, 0.05) is 36.1 Å². The van der Waals surface area contributed by atoms with E-state index in [2.05, 4.69) is 57.4 Å². The number of fused-ring (bicyclic) bond motifs is 2. The number of hydrogen-bond donors (Lipinski definition) is 3. The Labute approximate surface area is 228 Å². The van der Waals surface area contributed by atoms with E-state index in [1.165, 1.54) is 25.3 Å². The predicted octanol–water partition coefficient (Wildman–Crippen LogP) is 7.25. The fourth-order valence-corrected chi connectivity index (χ4v) is 5.23. The van der Waals surface area contributed by atoms with E-state index < -0.39 is 5.82 Å². The van der Waals surface area contributed by atoms with Crippen molar-refractivity contribution in [2.24, 2.45) is 5.92 Å². The summed E-state index contributed by atoms with van der Waals surface area (Å²) in [4.78, 5) is 15.1. The van der Waals surface area contributed by atoms with Gasteiger partial charge in [0.2, 0.25) is 0 Å². The van der Waals surface area contributed by atoms with E-state index in [1.54, 1.807) is 12.3 Å². The van der Waals surface area contributed by atoms with E-state index in [-0.39, 0.29) is 5.52 Å². The molecule has 1 saturated heterocycles. The Kier molecular flexibility index (Phi) is 7.63. The lowest BCUT2D eigenvalue weighted by Gasteiger charge is -2.28. The summed E-state index contributed by atoms with van der Waals surface area (Å²) in [5.41, 5.74) is 6.79. The van der Waals surface area contributed by atoms with Crippen LogP contribution in [-0.4, -0.2) is 38.2 Å². The number of aromatic nitrogens is 5. The van der Waals surface area contributed by atoms with Crippen molar-refractivity contribution in [1.82, 2.24) is 30.5 Å². The van der Waals surface area contributed by atoms with Gasteiger partial charge in [-0.1, -0.05) is 33.1 Å². The molecule has 202 valence electrons. The largest absolute Gasteiger partial charge is 0.370 e. The Bertz CT molecular complexity index is 1580. The molecule has 0 spiro atoms. The molecule has 0 saturated carbocycles. The van der Waals surface area contributed by atoms with Crippen LogP contribution in [-0.2, 0) is 0 Å². The minimum Gasteiger partial charge on any atom is -0.370 e. The molecule has 0 atom stereocenters. The first-order valence-electron chi connectivity index (χ1n) is 13.6. The van der Waals surface area contributed by atoms with Gasteiger partial charge in [-0.2, -0.15) is 5.10 Å². The average molecular weight is 526 g/mol. The summed E-state index contributed by atoms with van der Waals surface area (Å²) >= 11 is 0. The van der Waals surface area contributed by atoms with E-state index in [0.717, 1.165) is 53.2 Å². The summed E-state index contributed by atoms with van der Waals surface area (Å²) < 4.78 is 15.3. The highest BCUT2D eigenvalue weighted by Crippen LogP contribution is 2.33. The molecule has 1 aliphatic rings. The minimum absolute atomic E-state index is 0.269. The lowest BCUT2D eigenvalue weighted by Crippen LogP contribution is -2.29. The van der Waals surface area contributed by atoms with Gasteiger partial charge in [-0.3, -0.25) is 5.10 Å². The van der Waals surface area contributed by atoms with Crippen molar-refractivity contribution < 1.29 is 4.39 Å². The second kappa shape index (κ2) is 11.3. The Morgan fingerprint density at radius 3 is 2.74 bits per heavy atom. The van der Waals surface area contributed by atoms with E-state index in [0.29, 0.717) is 28.5 Å². The number of pyridine rings is 1. The molecule has 0 amide bonds. The summed E-state index contributed by atoms with van der Waals surface area (Å²) in [5, 5.41) is 11.3. The molecule has 0 unspecified atom stereocenters. The smallest absolute Gasteiger partial charge is 0.180 e. The van der Waals surface area contributed by atoms with E-state index >= 15 is 4.39 Å². The van der Waals surface area contributed by atoms with Gasteiger partial charge >= 0.3 is 0 Å². The molecular formula is C31H36FN7. The van der Waals surface area contributed by atoms with Gasteiger partial charge in [0.1, 0.15) is 16.7 Å². The summed E-state index contributed by atoms with van der Waals surface area (Å²) in [5.74, 6) is 0.660. The maximum absolute atomic E-state index is 15.3. The number of rotatable bonds is 9. The predicted molar refractivity (Wildman–Crippen MR) is 159 cm³/mol. The van der Waals surface area contributed by atoms with Crippen molar-refractivity contribution in [3.8, 4) is 11.5 Å². The molecule has 1 aliphatic heterocycles. The molecule has 1 fully saturated rings. The normalized spacial score (nSPS) is 14.9. The molecule has 39 heavy (non-hydrogen) atoms. The number of nitrogens with one attached hydrogen (secondary N) is 3. The quantitative estimate of drug-likeness (QED) is 0.200. The number of piperidine rings is 1. The van der Waals surface area contributed by atoms with Gasteiger partial charge in [-0.05, 0) is 80.0 Å². The fraction of sp³-hybridized carbons (Fsp3) is 0.323. The molecule has 0 radical (unpaired) electrons. The monoisotopic (exact) mass is 525 g/mol. The van der Waals surface area contributed by atoms with Crippen LogP contribution in [0.4, 0.5) is 10.1 Å². The number of imidazole rings is 1. The Hall–Kier alpha value is -4.20. The van der Waals surface area contributed by atoms with Crippen molar-refractivity contribution in [3.63, 3.8) is 0 Å². The zero-order valence-electron chi connectivity index (χ0n) is 22.9. The summed E-state index contributed by atoms with van der Waals surface area (Å²) in [6.07, 6.45) is 11.9. The maximum Gasteiger partial charge on any atom is 0.180 e. The SMILES string of the molecule is C=C/C(=C\C(=C/C)c1cc(F)c2n[nH]c(-c3nc4nccc(N5CCCCC5)c4[nH]3)c2c1)NC(=C)CC(C)C. The van der Waals surface area contributed by atoms with Crippen molar-refractivity contribution >= 4 is 33.3 Å². The number of anilines is 1. The molecular weight excluding hydrogens is 489 g/mol. The van der Waals surface area contributed by atoms with Crippen LogP contribution >= 0.6 is 0 Å². The zero-order valence-corrected chi connectivity index (χ0v) is 22.9. The molecule has 4 heterocycles. The van der Waals surface area contributed by atoms with Crippen molar-refractivity contribution in [2.75, 3.05) is 18.0 Å². The Morgan fingerprint density at radius 1 is 1.23 bits per heavy atom. The number of hydrogen-bond acceptors (Lipinski definition) is 5. The van der Waals surface area contributed by atoms with Gasteiger partial charge in [0.15, 0.2) is 17.3 Å². The van der Waals surface area contributed by atoms with Crippen LogP contribution in [0.25, 0.3) is 39.2 Å². The van der Waals surface area contributed by atoms with E-state index in [1.807, 2.05) is 31.2 Å². The lowest BCUT2D eigenvalue weighted by atomic mass is 10.0. The topological polar surface area (TPSA) is 85.5 Å². The van der Waals surface area contributed by atoms with Gasteiger partial charge in [0.25, 0.3) is 0 Å². The third-order valence-corrected chi connectivity index (χ3v) is 7.07. The fourth-order valence-electron chi connectivity index (χ4n) is 5.23. The molecule has 7 nitrogen and oxygen atoms in total. The first-order valence-corrected chi connectivity index (χ1v) is 13.6. The lowest BCUT2D eigenvalue weighted by molar-refractivity contribution is 0.578. The number of benzene rings is 1. The van der Waals surface area contributed by atoms with Gasteiger partial charge < -0.3 is 15.2 Å². The highest BCUT2D eigenvalue weighted by atomic mass is 19.1. The third kappa shape index (κ3) is 5.50. The number of halogens is 1. The Morgan fingerprint density at radius 2 is 2.03 bits per heavy atom. The number of nitrogens with zero attached hydrogens (tertiary/aromatic N) is 4. The first kappa shape index (κ1) is 26.4. The standard InChI is InChI=1S/C31H36FN7/c1-6-21(16-23(7-2)34-20(5)15-19(3)4)22-17-24-27(25(32)18-22)37-38-28(24)31-35-29-26(11-12-33-30(29)36-31)39-13-9-8-10-14-39/h6-7,11-12,16-19,34H,2,5,8-10,13-15H2,1,3-4H3,(H,37,38)(H,33,35,36)/b21-6+,23-16+. The van der Waals surface area contributed by atoms with E-state index in [4.69, 9.17) is 4.98 Å². The molecule has 0 aliphatic carbocycles. The second-order valence-electron chi connectivity index (χ2n) is 10.5. The highest BCUT2D eigenvalue weighted by Gasteiger charge is 2.20. The van der Waals surface area contributed by atoms with Gasteiger partial charge in [0.05, 0.1) is 5.69 Å². The second-order valence-corrected chi connectivity index (χ2v) is 10.5. The van der Waals surface area contributed by atoms with Crippen LogP contribution in [0.5, 0.6) is 0 Å². The molecule has 1 aromatic carbocycles. The van der Waals surface area contributed by atoms with Crippen molar-refractivity contribution in [1.29, 1.82) is 0 Å². The third-order valence-electron chi connectivity index (χ3n) is 7.07. The van der Waals surface area contributed by atoms with Crippen LogP contribution < -0.4 is 10.2 Å². The van der Waals surface area contributed by atoms with Gasteiger partial charge in [-0.15, -0.1) is 0 Å².